The predicted molar refractivity (Wildman–Crippen MR) is 122 cm³/mol. The summed E-state index contributed by atoms with van der Waals surface area (Å²) < 4.78 is 16.7. The van der Waals surface area contributed by atoms with Crippen LogP contribution in [0.4, 0.5) is 0 Å². The van der Waals surface area contributed by atoms with Gasteiger partial charge in [-0.2, -0.15) is 0 Å². The second-order valence-electron chi connectivity index (χ2n) is 8.12. The molecule has 1 aliphatic rings. The molecule has 2 heterocycles. The maximum atomic E-state index is 12.7. The molecule has 10 heteroatoms. The molecule has 5 rings (SSSR count). The highest BCUT2D eigenvalue weighted by Crippen LogP contribution is 2.52. The van der Waals surface area contributed by atoms with Crippen LogP contribution in [0.2, 0.25) is 0 Å². The predicted octanol–water partition coefficient (Wildman–Crippen LogP) is 3.21. The van der Waals surface area contributed by atoms with Crippen molar-refractivity contribution in [3.8, 4) is 51.6 Å². The van der Waals surface area contributed by atoms with Gasteiger partial charge in [-0.05, 0) is 29.8 Å². The molecule has 0 spiro atoms. The van der Waals surface area contributed by atoms with Crippen LogP contribution in [0.15, 0.2) is 51.7 Å². The Balaban J connectivity index is 1.65. The summed E-state index contributed by atoms with van der Waals surface area (Å²) in [7, 11) is 1.40. The normalized spacial score (nSPS) is 16.7. The molecular weight excluding hydrogens is 460 g/mol. The zero-order valence-electron chi connectivity index (χ0n) is 18.2. The van der Waals surface area contributed by atoms with E-state index in [1.54, 1.807) is 12.1 Å². The molecule has 0 fully saturated rings. The van der Waals surface area contributed by atoms with Crippen LogP contribution in [-0.4, -0.2) is 44.4 Å². The first-order valence-corrected chi connectivity index (χ1v) is 10.5. The minimum absolute atomic E-state index is 0.0728. The number of aliphatic hydroxyl groups excluding tert-OH is 1. The Morgan fingerprint density at radius 3 is 2.43 bits per heavy atom. The molecule has 35 heavy (non-hydrogen) atoms. The first kappa shape index (κ1) is 22.2. The van der Waals surface area contributed by atoms with Crippen LogP contribution in [0.5, 0.6) is 40.2 Å². The topological polar surface area (TPSA) is 170 Å². The van der Waals surface area contributed by atoms with Crippen molar-refractivity contribution in [1.82, 2.24) is 0 Å². The number of fused-ring (bicyclic) bond motifs is 2. The van der Waals surface area contributed by atoms with E-state index in [0.29, 0.717) is 11.1 Å². The Kier molecular flexibility index (Phi) is 5.10. The van der Waals surface area contributed by atoms with E-state index >= 15 is 0 Å². The van der Waals surface area contributed by atoms with Crippen LogP contribution >= 0.6 is 0 Å². The lowest BCUT2D eigenvalue weighted by molar-refractivity contribution is 0.157. The molecule has 0 amide bonds. The molecule has 0 aliphatic carbocycles. The number of aromatic hydroxyl groups is 5. The van der Waals surface area contributed by atoms with Gasteiger partial charge < -0.3 is 44.5 Å². The van der Waals surface area contributed by atoms with Crippen LogP contribution < -0.4 is 14.9 Å². The molecular formula is C25H20O10. The molecule has 0 saturated heterocycles. The quantitative estimate of drug-likeness (QED) is 0.255. The molecule has 1 aromatic heterocycles. The SMILES string of the molecule is COc1cc(C2Oc3c(O)cc(-c4oc5cc(O)cc(O)c5c(=O)c4O)cc3C2CO)ccc1O. The molecule has 0 radical (unpaired) electrons. The number of methoxy groups -OCH3 is 1. The highest BCUT2D eigenvalue weighted by atomic mass is 16.5. The number of phenols is 4. The van der Waals surface area contributed by atoms with Gasteiger partial charge in [-0.1, -0.05) is 6.07 Å². The lowest BCUT2D eigenvalue weighted by atomic mass is 9.90. The van der Waals surface area contributed by atoms with Crippen molar-refractivity contribution in [3.63, 3.8) is 0 Å². The second kappa shape index (κ2) is 8.03. The van der Waals surface area contributed by atoms with Gasteiger partial charge in [0.05, 0.1) is 19.6 Å². The van der Waals surface area contributed by atoms with Gasteiger partial charge in [0.2, 0.25) is 11.2 Å². The fraction of sp³-hybridized carbons (Fsp3) is 0.160. The van der Waals surface area contributed by atoms with E-state index < -0.39 is 28.9 Å². The molecule has 4 aromatic rings. The molecule has 2 unspecified atom stereocenters. The summed E-state index contributed by atoms with van der Waals surface area (Å²) in [6.07, 6.45) is -0.739. The standard InChI is InChI=1S/C25H20O10/c1-33-18-6-10(2-3-15(18)28)23-14(9-26)13-4-11(5-17(30)25(13)35-23)24-22(32)21(31)20-16(29)7-12(27)8-19(20)34-24/h2-8,14,23,26-30,32H,9H2,1H3. The summed E-state index contributed by atoms with van der Waals surface area (Å²) in [6, 6.07) is 9.36. The lowest BCUT2D eigenvalue weighted by Crippen LogP contribution is -2.13. The smallest absolute Gasteiger partial charge is 0.238 e. The van der Waals surface area contributed by atoms with E-state index in [9.17, 15) is 35.4 Å². The summed E-state index contributed by atoms with van der Waals surface area (Å²) in [5, 5.41) is 60.8. The molecule has 1 aliphatic heterocycles. The minimum Gasteiger partial charge on any atom is -0.508 e. The Morgan fingerprint density at radius 2 is 1.71 bits per heavy atom. The third-order valence-electron chi connectivity index (χ3n) is 6.03. The number of hydrogen-bond donors (Lipinski definition) is 6. The molecule has 6 N–H and O–H groups in total. The largest absolute Gasteiger partial charge is 0.508 e. The molecule has 10 nitrogen and oxygen atoms in total. The van der Waals surface area contributed by atoms with Crippen molar-refractivity contribution >= 4 is 11.0 Å². The van der Waals surface area contributed by atoms with Crippen LogP contribution in [0.25, 0.3) is 22.3 Å². The zero-order valence-corrected chi connectivity index (χ0v) is 18.2. The number of rotatable bonds is 4. The van der Waals surface area contributed by atoms with Gasteiger partial charge in [0.15, 0.2) is 28.8 Å². The number of aliphatic hydroxyl groups is 1. The van der Waals surface area contributed by atoms with Gasteiger partial charge in [-0.25, -0.2) is 0 Å². The van der Waals surface area contributed by atoms with Crippen molar-refractivity contribution in [2.75, 3.05) is 13.7 Å². The number of phenolic OH excluding ortho intramolecular Hbond substituents is 4. The monoisotopic (exact) mass is 480 g/mol. The summed E-state index contributed by atoms with van der Waals surface area (Å²) in [6.45, 7) is -0.376. The van der Waals surface area contributed by atoms with Gasteiger partial charge in [0.1, 0.15) is 28.6 Å². The third kappa shape index (κ3) is 3.42. The highest BCUT2D eigenvalue weighted by molar-refractivity contribution is 5.88. The number of ether oxygens (including phenoxy) is 2. The Hall–Kier alpha value is -4.57. The van der Waals surface area contributed by atoms with Crippen molar-refractivity contribution < 1.29 is 44.5 Å². The number of hydrogen-bond acceptors (Lipinski definition) is 10. The van der Waals surface area contributed by atoms with E-state index in [1.807, 2.05) is 0 Å². The molecule has 180 valence electrons. The maximum Gasteiger partial charge on any atom is 0.238 e. The second-order valence-corrected chi connectivity index (χ2v) is 8.12. The average molecular weight is 480 g/mol. The van der Waals surface area contributed by atoms with Gasteiger partial charge in [-0.15, -0.1) is 0 Å². The summed E-state index contributed by atoms with van der Waals surface area (Å²) >= 11 is 0. The van der Waals surface area contributed by atoms with Gasteiger partial charge >= 0.3 is 0 Å². The summed E-state index contributed by atoms with van der Waals surface area (Å²) in [5.74, 6) is -2.79. The Labute approximate surface area is 197 Å². The molecule has 3 aromatic carbocycles. The molecule has 0 saturated carbocycles. The first-order chi connectivity index (χ1) is 16.7. The van der Waals surface area contributed by atoms with Crippen molar-refractivity contribution in [3.05, 3.63) is 63.8 Å². The molecule has 0 bridgehead atoms. The van der Waals surface area contributed by atoms with Crippen LogP contribution in [0.1, 0.15) is 23.1 Å². The molecule has 2 atom stereocenters. The van der Waals surface area contributed by atoms with Gasteiger partial charge in [-0.3, -0.25) is 4.79 Å². The van der Waals surface area contributed by atoms with E-state index in [1.165, 1.54) is 25.3 Å². The fourth-order valence-corrected chi connectivity index (χ4v) is 4.38. The van der Waals surface area contributed by atoms with E-state index in [-0.39, 0.29) is 57.6 Å². The van der Waals surface area contributed by atoms with Gasteiger partial charge in [0, 0.05) is 23.3 Å². The number of benzene rings is 3. The zero-order chi connectivity index (χ0) is 25.0. The average Bonchev–Trinajstić information content (AvgIpc) is 3.20. The van der Waals surface area contributed by atoms with Crippen molar-refractivity contribution in [2.45, 2.75) is 12.0 Å². The minimum atomic E-state index is -0.928. The third-order valence-corrected chi connectivity index (χ3v) is 6.03. The Morgan fingerprint density at radius 1 is 0.943 bits per heavy atom. The van der Waals surface area contributed by atoms with Crippen LogP contribution in [0, 0.1) is 0 Å². The highest BCUT2D eigenvalue weighted by Gasteiger charge is 2.38. The Bertz CT molecular complexity index is 1540. The van der Waals surface area contributed by atoms with E-state index in [0.717, 1.165) is 12.1 Å². The van der Waals surface area contributed by atoms with Crippen molar-refractivity contribution in [2.24, 2.45) is 0 Å². The summed E-state index contributed by atoms with van der Waals surface area (Å²) in [4.78, 5) is 12.7. The first-order valence-electron chi connectivity index (χ1n) is 10.5. The van der Waals surface area contributed by atoms with Gasteiger partial charge in [0.25, 0.3) is 0 Å². The lowest BCUT2D eigenvalue weighted by Gasteiger charge is -2.18. The van der Waals surface area contributed by atoms with E-state index in [4.69, 9.17) is 13.9 Å². The van der Waals surface area contributed by atoms with Crippen LogP contribution in [0.3, 0.4) is 0 Å². The maximum absolute atomic E-state index is 12.7. The van der Waals surface area contributed by atoms with Crippen LogP contribution in [-0.2, 0) is 0 Å². The summed E-state index contributed by atoms with van der Waals surface area (Å²) in [5.41, 5.74) is -0.0408. The van der Waals surface area contributed by atoms with E-state index in [2.05, 4.69) is 0 Å². The van der Waals surface area contributed by atoms with Crippen molar-refractivity contribution in [1.29, 1.82) is 0 Å². The fourth-order valence-electron chi connectivity index (χ4n) is 4.38.